The van der Waals surface area contributed by atoms with Crippen molar-refractivity contribution < 1.29 is 10.4 Å². The van der Waals surface area contributed by atoms with Crippen LogP contribution in [0.25, 0.3) is 0 Å². The van der Waals surface area contributed by atoms with Gasteiger partial charge in [0.2, 0.25) is 0 Å². The summed E-state index contributed by atoms with van der Waals surface area (Å²) in [4.78, 5) is 0. The second-order valence-corrected chi connectivity index (χ2v) is 0.996. The predicted molar refractivity (Wildman–Crippen MR) is 14.8 cm³/mol. The molecule has 0 N–H and O–H groups in total. The summed E-state index contributed by atoms with van der Waals surface area (Å²) < 4.78 is 29.4. The van der Waals surface area contributed by atoms with E-state index in [1.165, 1.54) is 0 Å². The van der Waals surface area contributed by atoms with Crippen LogP contribution in [0.4, 0.5) is 10.4 Å². The maximum Gasteiger partial charge on any atom is 0 e. The van der Waals surface area contributed by atoms with E-state index < -0.39 is 16.1 Å². The molecule has 5 heavy (non-hydrogen) atoms. The van der Waals surface area contributed by atoms with E-state index in [4.69, 9.17) is 0 Å². The van der Waals surface area contributed by atoms with Crippen LogP contribution in [0, 0.1) is 0 Å². The Balaban J connectivity index is 0. The van der Waals surface area contributed by atoms with Crippen molar-refractivity contribution in [1.29, 1.82) is 0 Å². The summed E-state index contributed by atoms with van der Waals surface area (Å²) in [5, 5.41) is 0. The van der Waals surface area contributed by atoms with Crippen LogP contribution in [0.1, 0.15) is 0 Å². The Labute approximate surface area is 76.3 Å². The van der Waals surface area contributed by atoms with E-state index in [-0.39, 0.29) is 51.4 Å². The second kappa shape index (κ2) is 5.98. The molecule has 0 amide bonds. The Hall–Kier alpha value is 1.98. The zero-order valence-electron chi connectivity index (χ0n) is 2.58. The maximum atomic E-state index is 9.81. The predicted octanol–water partition coefficient (Wildman–Crippen LogP) is 0.499. The summed E-state index contributed by atoms with van der Waals surface area (Å²) in [5.74, 6) is 0. The van der Waals surface area contributed by atoms with Crippen molar-refractivity contribution in [3.63, 3.8) is 0 Å². The third kappa shape index (κ3) is 24.1. The van der Waals surface area contributed by atoms with Gasteiger partial charge in [-0.2, -0.15) is 0 Å². The fourth-order valence-corrected chi connectivity index (χ4v) is 0. The summed E-state index contributed by atoms with van der Waals surface area (Å²) in [6, 6.07) is 0. The van der Waals surface area contributed by atoms with Crippen molar-refractivity contribution in [1.82, 2.24) is 0 Å². The molecular formula is AsF3K. The van der Waals surface area contributed by atoms with Crippen LogP contribution < -0.4 is 0 Å². The van der Waals surface area contributed by atoms with Gasteiger partial charge in [0.25, 0.3) is 0 Å². The molecule has 1 radical (unpaired) electrons. The standard InChI is InChI=1S/AsF3.K/c2-1(3)4;. The van der Waals surface area contributed by atoms with Gasteiger partial charge in [-0.1, -0.05) is 0 Å². The number of hydrogen-bond acceptors (Lipinski definition) is 0. The first-order chi connectivity index (χ1) is 1.73. The van der Waals surface area contributed by atoms with Gasteiger partial charge in [-0.3, -0.25) is 0 Å². The molecule has 0 spiro atoms. The van der Waals surface area contributed by atoms with E-state index in [1.807, 2.05) is 0 Å². The molecule has 0 rings (SSSR count). The Morgan fingerprint density at radius 3 is 1.00 bits per heavy atom. The zero-order chi connectivity index (χ0) is 3.58. The van der Waals surface area contributed by atoms with Crippen molar-refractivity contribution >= 4 is 67.4 Å². The SMILES string of the molecule is F[As](F)F.[K]. The van der Waals surface area contributed by atoms with E-state index in [0.717, 1.165) is 0 Å². The van der Waals surface area contributed by atoms with Gasteiger partial charge in [-0.25, -0.2) is 0 Å². The summed E-state index contributed by atoms with van der Waals surface area (Å²) in [6.45, 7) is 0. The monoisotopic (exact) mass is 171 g/mol. The van der Waals surface area contributed by atoms with Gasteiger partial charge < -0.3 is 0 Å². The average Bonchev–Trinajstić information content (AvgIpc) is 0.811. The molecular weight excluding hydrogens is 171 g/mol. The fourth-order valence-electron chi connectivity index (χ4n) is 0. The molecule has 27 valence electrons. The van der Waals surface area contributed by atoms with Gasteiger partial charge in [0.1, 0.15) is 0 Å². The van der Waals surface area contributed by atoms with Crippen molar-refractivity contribution in [2.45, 2.75) is 0 Å². The minimum absolute atomic E-state index is 0. The van der Waals surface area contributed by atoms with Gasteiger partial charge in [0.05, 0.1) is 0 Å². The Bertz CT molecular complexity index is 11.6. The molecule has 0 saturated heterocycles. The van der Waals surface area contributed by atoms with Gasteiger partial charge in [0.15, 0.2) is 0 Å². The van der Waals surface area contributed by atoms with E-state index in [0.29, 0.717) is 0 Å². The molecule has 0 aromatic carbocycles. The molecule has 0 aromatic heterocycles. The van der Waals surface area contributed by atoms with E-state index in [2.05, 4.69) is 0 Å². The van der Waals surface area contributed by atoms with E-state index >= 15 is 0 Å². The molecule has 5 heteroatoms. The van der Waals surface area contributed by atoms with Gasteiger partial charge in [0, 0.05) is 51.4 Å². The molecule has 0 saturated carbocycles. The van der Waals surface area contributed by atoms with Gasteiger partial charge >= 0.3 is 26.5 Å². The van der Waals surface area contributed by atoms with E-state index in [1.54, 1.807) is 0 Å². The Kier molecular flexibility index (Phi) is 12.1. The first-order valence-electron chi connectivity index (χ1n) is 0.507. The third-order valence-corrected chi connectivity index (χ3v) is 0. The minimum Gasteiger partial charge on any atom is 0 e. The van der Waals surface area contributed by atoms with Crippen LogP contribution in [0.15, 0.2) is 0 Å². The molecule has 0 unspecified atom stereocenters. The first kappa shape index (κ1) is 10.1. The second-order valence-electron chi connectivity index (χ2n) is 0.192. The Morgan fingerprint density at radius 1 is 1.00 bits per heavy atom. The first-order valence-corrected chi connectivity index (χ1v) is 2.63. The average molecular weight is 171 g/mol. The fraction of sp³-hybridized carbons (Fsp3) is 0. The van der Waals surface area contributed by atoms with Gasteiger partial charge in [-0.15, -0.1) is 0 Å². The van der Waals surface area contributed by atoms with Crippen molar-refractivity contribution in [2.75, 3.05) is 0 Å². The molecule has 0 bridgehead atoms. The van der Waals surface area contributed by atoms with Crippen molar-refractivity contribution in [3.8, 4) is 0 Å². The van der Waals surface area contributed by atoms with Crippen LogP contribution in [-0.4, -0.2) is 67.4 Å². The number of hydrogen-bond donors (Lipinski definition) is 0. The smallest absolute Gasteiger partial charge is 0 e. The summed E-state index contributed by atoms with van der Waals surface area (Å²) in [6.07, 6.45) is 0. The van der Waals surface area contributed by atoms with Gasteiger partial charge in [-0.05, 0) is 0 Å². The topological polar surface area (TPSA) is 0 Å². The van der Waals surface area contributed by atoms with Crippen LogP contribution in [-0.2, 0) is 0 Å². The summed E-state index contributed by atoms with van der Waals surface area (Å²) >= 11 is -4.69. The van der Waals surface area contributed by atoms with Crippen LogP contribution in [0.5, 0.6) is 0 Å². The molecule has 0 nitrogen and oxygen atoms in total. The molecule has 0 fully saturated rings. The molecule has 0 heterocycles. The van der Waals surface area contributed by atoms with Crippen molar-refractivity contribution in [3.05, 3.63) is 0 Å². The summed E-state index contributed by atoms with van der Waals surface area (Å²) in [7, 11) is 0. The van der Waals surface area contributed by atoms with Crippen LogP contribution >= 0.6 is 0 Å². The molecule has 0 aliphatic heterocycles. The molecule has 0 aromatic rings. The molecule has 0 aliphatic carbocycles. The largest absolute Gasteiger partial charge is 0 e. The maximum absolute atomic E-state index is 9.81. The Morgan fingerprint density at radius 2 is 1.00 bits per heavy atom. The zero-order valence-corrected chi connectivity index (χ0v) is 7.58. The third-order valence-electron chi connectivity index (χ3n) is 0. The quantitative estimate of drug-likeness (QED) is 0.465. The number of rotatable bonds is 0. The normalized spacial score (nSPS) is 7.20. The van der Waals surface area contributed by atoms with Crippen molar-refractivity contribution in [2.24, 2.45) is 0 Å². The molecule has 0 aliphatic rings. The van der Waals surface area contributed by atoms with Crippen LogP contribution in [0.3, 0.4) is 0 Å². The number of halogens is 3. The van der Waals surface area contributed by atoms with Crippen LogP contribution in [0.2, 0.25) is 0 Å². The summed E-state index contributed by atoms with van der Waals surface area (Å²) in [5.41, 5.74) is 0. The minimum atomic E-state index is -4.69. The van der Waals surface area contributed by atoms with E-state index in [9.17, 15) is 10.4 Å². The molecule has 0 atom stereocenters.